The molecular weight excluding hydrogens is 368 g/mol. The van der Waals surface area contributed by atoms with Crippen LogP contribution in [0, 0.1) is 19.8 Å². The fourth-order valence-electron chi connectivity index (χ4n) is 4.12. The molecule has 0 N–H and O–H groups in total. The van der Waals surface area contributed by atoms with Gasteiger partial charge in [0.2, 0.25) is 5.91 Å². The molecule has 2 unspecified atom stereocenters. The van der Waals surface area contributed by atoms with E-state index in [-0.39, 0.29) is 5.91 Å². The molecule has 1 aromatic carbocycles. The number of benzene rings is 1. The second-order valence-electron chi connectivity index (χ2n) is 7.94. The molecule has 152 valence electrons. The van der Waals surface area contributed by atoms with Crippen LogP contribution in [0.15, 0.2) is 36.4 Å². The van der Waals surface area contributed by atoms with E-state index in [9.17, 15) is 4.79 Å². The lowest BCUT2D eigenvalue weighted by atomic mass is 9.88. The van der Waals surface area contributed by atoms with Crippen molar-refractivity contribution in [3.8, 4) is 0 Å². The van der Waals surface area contributed by atoms with Crippen LogP contribution in [0.5, 0.6) is 0 Å². The first-order chi connectivity index (χ1) is 13.5. The summed E-state index contributed by atoms with van der Waals surface area (Å²) in [5, 5.41) is 0. The van der Waals surface area contributed by atoms with Gasteiger partial charge in [0.15, 0.2) is 0 Å². The van der Waals surface area contributed by atoms with Crippen molar-refractivity contribution >= 4 is 17.2 Å². The number of amides is 1. The summed E-state index contributed by atoms with van der Waals surface area (Å²) in [4.78, 5) is 19.4. The Morgan fingerprint density at radius 2 is 1.93 bits per heavy atom. The first kappa shape index (κ1) is 21.0. The van der Waals surface area contributed by atoms with Gasteiger partial charge in [-0.1, -0.05) is 29.8 Å². The van der Waals surface area contributed by atoms with E-state index in [4.69, 9.17) is 4.74 Å². The van der Waals surface area contributed by atoms with Gasteiger partial charge in [0.1, 0.15) is 0 Å². The molecule has 5 heteroatoms. The molecule has 1 aliphatic rings. The van der Waals surface area contributed by atoms with Gasteiger partial charge in [-0.25, -0.2) is 0 Å². The Labute approximate surface area is 173 Å². The molecule has 4 nitrogen and oxygen atoms in total. The molecule has 1 fully saturated rings. The molecule has 2 aromatic rings. The Morgan fingerprint density at radius 1 is 1.18 bits per heavy atom. The quantitative estimate of drug-likeness (QED) is 0.669. The van der Waals surface area contributed by atoms with Gasteiger partial charge < -0.3 is 9.64 Å². The molecule has 0 aliphatic carbocycles. The summed E-state index contributed by atoms with van der Waals surface area (Å²) < 4.78 is 5.21. The number of likely N-dealkylation sites (tertiary alicyclic amines) is 1. The van der Waals surface area contributed by atoms with E-state index < -0.39 is 0 Å². The molecule has 0 spiro atoms. The van der Waals surface area contributed by atoms with Crippen LogP contribution < -0.4 is 0 Å². The third-order valence-corrected chi connectivity index (χ3v) is 6.65. The van der Waals surface area contributed by atoms with E-state index in [0.29, 0.717) is 25.0 Å². The molecule has 0 bridgehead atoms. The molecule has 0 radical (unpaired) electrons. The topological polar surface area (TPSA) is 32.8 Å². The van der Waals surface area contributed by atoms with Gasteiger partial charge in [-0.15, -0.1) is 11.3 Å². The second kappa shape index (κ2) is 9.68. The summed E-state index contributed by atoms with van der Waals surface area (Å²) >= 11 is 1.88. The van der Waals surface area contributed by atoms with Crippen LogP contribution in [0.2, 0.25) is 0 Å². The van der Waals surface area contributed by atoms with E-state index in [1.807, 2.05) is 16.2 Å². The van der Waals surface area contributed by atoms with Crippen LogP contribution >= 0.6 is 11.3 Å². The number of carbonyl (C=O) groups is 1. The van der Waals surface area contributed by atoms with Gasteiger partial charge in [0, 0.05) is 62.4 Å². The largest absolute Gasteiger partial charge is 0.383 e. The van der Waals surface area contributed by atoms with Crippen molar-refractivity contribution in [1.29, 1.82) is 0 Å². The van der Waals surface area contributed by atoms with Crippen LogP contribution in [0.1, 0.15) is 33.7 Å². The Kier molecular flexibility index (Phi) is 7.27. The van der Waals surface area contributed by atoms with Gasteiger partial charge >= 0.3 is 0 Å². The van der Waals surface area contributed by atoms with Crippen LogP contribution in [0.3, 0.4) is 0 Å². The van der Waals surface area contributed by atoms with Crippen molar-refractivity contribution in [3.63, 3.8) is 0 Å². The lowest BCUT2D eigenvalue weighted by Crippen LogP contribution is -2.38. The third kappa shape index (κ3) is 5.43. The highest BCUT2D eigenvalue weighted by molar-refractivity contribution is 7.11. The van der Waals surface area contributed by atoms with Crippen LogP contribution in [0.25, 0.3) is 0 Å². The lowest BCUT2D eigenvalue weighted by Gasteiger charge is -2.27. The summed E-state index contributed by atoms with van der Waals surface area (Å²) in [6.45, 7) is 11.0. The van der Waals surface area contributed by atoms with Crippen molar-refractivity contribution in [2.24, 2.45) is 5.92 Å². The smallest absolute Gasteiger partial charge is 0.219 e. The van der Waals surface area contributed by atoms with Crippen molar-refractivity contribution in [1.82, 2.24) is 9.80 Å². The number of hydrogen-bond acceptors (Lipinski definition) is 4. The summed E-state index contributed by atoms with van der Waals surface area (Å²) in [6, 6.07) is 13.4. The monoisotopic (exact) mass is 400 g/mol. The van der Waals surface area contributed by atoms with Crippen LogP contribution in [0.4, 0.5) is 0 Å². The average Bonchev–Trinajstić information content (AvgIpc) is 3.25. The van der Waals surface area contributed by atoms with Crippen LogP contribution in [-0.2, 0) is 16.1 Å². The molecule has 0 saturated carbocycles. The highest BCUT2D eigenvalue weighted by Gasteiger charge is 2.35. The zero-order chi connectivity index (χ0) is 20.1. The molecule has 1 saturated heterocycles. The Morgan fingerprint density at radius 3 is 2.54 bits per heavy atom. The molecule has 1 amide bonds. The van der Waals surface area contributed by atoms with Gasteiger partial charge in [0.25, 0.3) is 0 Å². The van der Waals surface area contributed by atoms with Crippen molar-refractivity contribution in [3.05, 3.63) is 57.3 Å². The number of ether oxygens (including phenoxy) is 1. The zero-order valence-electron chi connectivity index (χ0n) is 17.5. The minimum Gasteiger partial charge on any atom is -0.383 e. The molecule has 1 aromatic heterocycles. The van der Waals surface area contributed by atoms with Crippen LogP contribution in [-0.4, -0.2) is 55.6 Å². The third-order valence-electron chi connectivity index (χ3n) is 5.66. The second-order valence-corrected chi connectivity index (χ2v) is 9.31. The summed E-state index contributed by atoms with van der Waals surface area (Å²) in [6.07, 6.45) is 0. The number of nitrogens with zero attached hydrogens (tertiary/aromatic N) is 2. The Bertz CT molecular complexity index is 771. The normalized spacial score (nSPS) is 19.9. The van der Waals surface area contributed by atoms with E-state index in [1.165, 1.54) is 20.9 Å². The highest BCUT2D eigenvalue weighted by Crippen LogP contribution is 2.35. The predicted molar refractivity (Wildman–Crippen MR) is 116 cm³/mol. The maximum Gasteiger partial charge on any atom is 0.219 e. The summed E-state index contributed by atoms with van der Waals surface area (Å²) in [7, 11) is 1.69. The predicted octanol–water partition coefficient (Wildman–Crippen LogP) is 4.08. The van der Waals surface area contributed by atoms with Crippen molar-refractivity contribution in [2.75, 3.05) is 39.9 Å². The van der Waals surface area contributed by atoms with E-state index in [0.717, 1.165) is 26.2 Å². The Hall–Kier alpha value is -1.69. The van der Waals surface area contributed by atoms with E-state index in [2.05, 4.69) is 55.1 Å². The molecule has 3 rings (SSSR count). The molecule has 2 heterocycles. The molecule has 28 heavy (non-hydrogen) atoms. The standard InChI is InChI=1S/C23H32N2O2S/c1-17-5-8-20(9-6-17)23-16-24(15-22-10-7-18(2)28-22)13-21(23)14-25(19(3)26)11-12-27-4/h5-10,21,23H,11-16H2,1-4H3. The van der Waals surface area contributed by atoms with Gasteiger partial charge in [0.05, 0.1) is 6.61 Å². The maximum absolute atomic E-state index is 12.2. The summed E-state index contributed by atoms with van der Waals surface area (Å²) in [5.41, 5.74) is 2.67. The number of carbonyl (C=O) groups excluding carboxylic acids is 1. The van der Waals surface area contributed by atoms with E-state index in [1.54, 1.807) is 14.0 Å². The van der Waals surface area contributed by atoms with Crippen molar-refractivity contribution < 1.29 is 9.53 Å². The number of aryl methyl sites for hydroxylation is 2. The van der Waals surface area contributed by atoms with E-state index >= 15 is 0 Å². The lowest BCUT2D eigenvalue weighted by molar-refractivity contribution is -0.130. The minimum absolute atomic E-state index is 0.132. The first-order valence-corrected chi connectivity index (χ1v) is 10.9. The maximum atomic E-state index is 12.2. The first-order valence-electron chi connectivity index (χ1n) is 10.0. The number of hydrogen-bond donors (Lipinski definition) is 0. The number of rotatable bonds is 8. The van der Waals surface area contributed by atoms with Gasteiger partial charge in [-0.2, -0.15) is 0 Å². The SMILES string of the molecule is COCCN(CC1CN(Cc2ccc(C)s2)CC1c1ccc(C)cc1)C(C)=O. The van der Waals surface area contributed by atoms with Crippen molar-refractivity contribution in [2.45, 2.75) is 33.2 Å². The Balaban J connectivity index is 1.76. The minimum atomic E-state index is 0.132. The average molecular weight is 401 g/mol. The molecule has 2 atom stereocenters. The van der Waals surface area contributed by atoms with Gasteiger partial charge in [-0.05, 0) is 37.5 Å². The molecule has 1 aliphatic heterocycles. The fraction of sp³-hybridized carbons (Fsp3) is 0.522. The zero-order valence-corrected chi connectivity index (χ0v) is 18.3. The fourth-order valence-corrected chi connectivity index (χ4v) is 5.05. The molecular formula is C23H32N2O2S. The summed E-state index contributed by atoms with van der Waals surface area (Å²) in [5.74, 6) is 1.02. The number of thiophene rings is 1. The van der Waals surface area contributed by atoms with Gasteiger partial charge in [-0.3, -0.25) is 9.69 Å². The number of methoxy groups -OCH3 is 1. The highest BCUT2D eigenvalue weighted by atomic mass is 32.1.